The van der Waals surface area contributed by atoms with E-state index >= 15 is 0 Å². The summed E-state index contributed by atoms with van der Waals surface area (Å²) in [5.41, 5.74) is -0.109. The van der Waals surface area contributed by atoms with E-state index in [1.54, 1.807) is 6.07 Å². The molecule has 3 rings (SSSR count). The molecule has 0 radical (unpaired) electrons. The fourth-order valence-corrected chi connectivity index (χ4v) is 5.64. The van der Waals surface area contributed by atoms with Crippen molar-refractivity contribution in [3.63, 3.8) is 0 Å². The molecule has 2 aromatic carbocycles. The van der Waals surface area contributed by atoms with Gasteiger partial charge >= 0.3 is 0 Å². The summed E-state index contributed by atoms with van der Waals surface area (Å²) in [5, 5.41) is 33.6. The zero-order valence-corrected chi connectivity index (χ0v) is 25.0. The van der Waals surface area contributed by atoms with E-state index in [0.29, 0.717) is 12.0 Å². The monoisotopic (exact) mass is 593 g/mol. The molecule has 232 valence electrons. The van der Waals surface area contributed by atoms with Crippen molar-refractivity contribution in [2.45, 2.75) is 103 Å². The van der Waals surface area contributed by atoms with Crippen molar-refractivity contribution < 1.29 is 24.5 Å². The molecule has 1 amide bonds. The van der Waals surface area contributed by atoms with Crippen LogP contribution < -0.4 is 0 Å². The van der Waals surface area contributed by atoms with Gasteiger partial charge < -0.3 is 10.0 Å². The number of nitro benzene ring substituents is 2. The lowest BCUT2D eigenvalue weighted by Gasteiger charge is -2.25. The van der Waals surface area contributed by atoms with Crippen molar-refractivity contribution in [3.8, 4) is 0 Å². The van der Waals surface area contributed by atoms with Gasteiger partial charge in [-0.3, -0.25) is 29.8 Å². The first-order chi connectivity index (χ1) is 20.8. The standard InChI is InChI=1S/C33H43N3O7/c1-2-3-4-5-6-7-8-9-10-11-12-13-14-15-23-34-30(26-17-16-18-28(24-26)36(42)43)29(32(38)33(34)39)31(37)25-19-21-27(22-20-25)35(40)41/h16-22,24,30,37H,2-15,23H2,1H3/t30-/m0/s1. The molecule has 2 aromatic rings. The van der Waals surface area contributed by atoms with Gasteiger partial charge in [0.15, 0.2) is 0 Å². The van der Waals surface area contributed by atoms with Gasteiger partial charge in [0.1, 0.15) is 5.76 Å². The second-order valence-corrected chi connectivity index (χ2v) is 11.2. The third kappa shape index (κ3) is 9.46. The fourth-order valence-electron chi connectivity index (χ4n) is 5.64. The van der Waals surface area contributed by atoms with Crippen LogP contribution in [0.2, 0.25) is 0 Å². The predicted octanol–water partition coefficient (Wildman–Crippen LogP) is 8.41. The van der Waals surface area contributed by atoms with Crippen LogP contribution in [-0.2, 0) is 9.59 Å². The van der Waals surface area contributed by atoms with E-state index < -0.39 is 33.3 Å². The van der Waals surface area contributed by atoms with Gasteiger partial charge in [-0.1, -0.05) is 103 Å². The van der Waals surface area contributed by atoms with E-state index in [0.717, 1.165) is 19.3 Å². The highest BCUT2D eigenvalue weighted by molar-refractivity contribution is 6.46. The lowest BCUT2D eigenvalue weighted by Crippen LogP contribution is -2.30. The minimum absolute atomic E-state index is 0.135. The van der Waals surface area contributed by atoms with Crippen LogP contribution in [0.3, 0.4) is 0 Å². The van der Waals surface area contributed by atoms with Crippen molar-refractivity contribution in [2.24, 2.45) is 0 Å². The number of likely N-dealkylation sites (tertiary alicyclic amines) is 1. The van der Waals surface area contributed by atoms with Crippen molar-refractivity contribution in [1.82, 2.24) is 4.90 Å². The molecule has 1 heterocycles. The van der Waals surface area contributed by atoms with Gasteiger partial charge in [0.05, 0.1) is 21.5 Å². The Morgan fingerprint density at radius 1 is 0.744 bits per heavy atom. The third-order valence-electron chi connectivity index (χ3n) is 8.04. The molecule has 10 heteroatoms. The number of aliphatic hydroxyl groups excluding tert-OH is 1. The largest absolute Gasteiger partial charge is 0.507 e. The normalized spacial score (nSPS) is 16.1. The molecule has 1 atom stereocenters. The molecule has 0 aliphatic carbocycles. The number of carbonyl (C=O) groups excluding carboxylic acids is 2. The van der Waals surface area contributed by atoms with Gasteiger partial charge in [-0.15, -0.1) is 0 Å². The average molecular weight is 594 g/mol. The van der Waals surface area contributed by atoms with Crippen LogP contribution in [0.4, 0.5) is 11.4 Å². The Balaban J connectivity index is 1.63. The topological polar surface area (TPSA) is 144 Å². The minimum atomic E-state index is -1.02. The molecule has 1 saturated heterocycles. The number of hydrogen-bond acceptors (Lipinski definition) is 7. The van der Waals surface area contributed by atoms with Crippen molar-refractivity contribution in [1.29, 1.82) is 0 Å². The highest BCUT2D eigenvalue weighted by Gasteiger charge is 2.46. The summed E-state index contributed by atoms with van der Waals surface area (Å²) in [5.74, 6) is -2.15. The van der Waals surface area contributed by atoms with E-state index in [4.69, 9.17) is 0 Å². The predicted molar refractivity (Wildman–Crippen MR) is 166 cm³/mol. The van der Waals surface area contributed by atoms with Gasteiger partial charge in [0, 0.05) is 36.4 Å². The van der Waals surface area contributed by atoms with Gasteiger partial charge in [-0.25, -0.2) is 0 Å². The molecule has 0 unspecified atom stereocenters. The number of hydrogen-bond donors (Lipinski definition) is 1. The first kappa shape index (κ1) is 33.4. The number of nitro groups is 2. The number of carbonyl (C=O) groups is 2. The van der Waals surface area contributed by atoms with Crippen LogP contribution in [-0.4, -0.2) is 38.1 Å². The average Bonchev–Trinajstić information content (AvgIpc) is 3.26. The number of benzene rings is 2. The molecule has 43 heavy (non-hydrogen) atoms. The summed E-state index contributed by atoms with van der Waals surface area (Å²) in [6.45, 7) is 2.49. The number of unbranched alkanes of at least 4 members (excludes halogenated alkanes) is 13. The summed E-state index contributed by atoms with van der Waals surface area (Å²) >= 11 is 0. The second kappa shape index (κ2) is 17.1. The molecule has 1 aliphatic heterocycles. The number of rotatable bonds is 19. The smallest absolute Gasteiger partial charge is 0.295 e. The Kier molecular flexibility index (Phi) is 13.3. The quantitative estimate of drug-likeness (QED) is 0.0430. The minimum Gasteiger partial charge on any atom is -0.507 e. The molecule has 0 spiro atoms. The van der Waals surface area contributed by atoms with E-state index in [2.05, 4.69) is 6.92 Å². The van der Waals surface area contributed by atoms with Crippen LogP contribution in [0.25, 0.3) is 5.76 Å². The van der Waals surface area contributed by atoms with Gasteiger partial charge in [0.2, 0.25) is 0 Å². The van der Waals surface area contributed by atoms with E-state index in [9.17, 15) is 34.9 Å². The number of non-ortho nitro benzene ring substituents is 2. The van der Waals surface area contributed by atoms with Crippen molar-refractivity contribution >= 4 is 28.8 Å². The van der Waals surface area contributed by atoms with Crippen molar-refractivity contribution in [2.75, 3.05) is 6.54 Å². The van der Waals surface area contributed by atoms with E-state index in [1.807, 2.05) is 0 Å². The summed E-state index contributed by atoms with van der Waals surface area (Å²) in [6, 6.07) is 9.67. The van der Waals surface area contributed by atoms with Gasteiger partial charge in [-0.2, -0.15) is 0 Å². The highest BCUT2D eigenvalue weighted by atomic mass is 16.6. The van der Waals surface area contributed by atoms with Crippen LogP contribution in [0, 0.1) is 20.2 Å². The van der Waals surface area contributed by atoms with Crippen LogP contribution >= 0.6 is 0 Å². The SMILES string of the molecule is CCCCCCCCCCCCCCCCN1C(=O)C(=O)C(=C(O)c2ccc([N+](=O)[O-])cc2)[C@@H]1c1cccc([N+](=O)[O-])c1. The molecule has 1 N–H and O–H groups in total. The Bertz CT molecular complexity index is 1290. The van der Waals surface area contributed by atoms with Crippen LogP contribution in [0.15, 0.2) is 54.1 Å². The summed E-state index contributed by atoms with van der Waals surface area (Å²) in [6.07, 6.45) is 16.5. The molecule has 10 nitrogen and oxygen atoms in total. The summed E-state index contributed by atoms with van der Waals surface area (Å²) in [4.78, 5) is 49.1. The first-order valence-electron chi connectivity index (χ1n) is 15.5. The van der Waals surface area contributed by atoms with Crippen LogP contribution in [0.1, 0.15) is 114 Å². The number of aliphatic hydroxyl groups is 1. The lowest BCUT2D eigenvalue weighted by atomic mass is 9.95. The third-order valence-corrected chi connectivity index (χ3v) is 8.04. The number of nitrogens with zero attached hydrogens (tertiary/aromatic N) is 3. The maximum absolute atomic E-state index is 13.2. The lowest BCUT2D eigenvalue weighted by molar-refractivity contribution is -0.385. The molecule has 0 aromatic heterocycles. The molecule has 1 aliphatic rings. The summed E-state index contributed by atoms with van der Waals surface area (Å²) in [7, 11) is 0. The highest BCUT2D eigenvalue weighted by Crippen LogP contribution is 2.40. The number of ketones is 1. The molecule has 0 bridgehead atoms. The molecule has 1 fully saturated rings. The van der Waals surface area contributed by atoms with Gasteiger partial charge in [0.25, 0.3) is 23.1 Å². The number of amides is 1. The Morgan fingerprint density at radius 2 is 1.26 bits per heavy atom. The Morgan fingerprint density at radius 3 is 1.77 bits per heavy atom. The molecule has 0 saturated carbocycles. The molecular formula is C33H43N3O7. The summed E-state index contributed by atoms with van der Waals surface area (Å²) < 4.78 is 0. The zero-order valence-electron chi connectivity index (χ0n) is 25.0. The Labute approximate surface area is 253 Å². The van der Waals surface area contributed by atoms with Crippen molar-refractivity contribution in [3.05, 3.63) is 85.5 Å². The Hall–Kier alpha value is -4.08. The number of Topliss-reactive ketones (excluding diaryl/α,β-unsaturated/α-hetero) is 1. The maximum atomic E-state index is 13.2. The maximum Gasteiger partial charge on any atom is 0.295 e. The fraction of sp³-hybridized carbons (Fsp3) is 0.515. The first-order valence-corrected chi connectivity index (χ1v) is 15.5. The molecular weight excluding hydrogens is 550 g/mol. The zero-order chi connectivity index (χ0) is 31.2. The second-order valence-electron chi connectivity index (χ2n) is 11.2. The van der Waals surface area contributed by atoms with E-state index in [1.165, 1.54) is 112 Å². The van der Waals surface area contributed by atoms with Crippen LogP contribution in [0.5, 0.6) is 0 Å². The van der Waals surface area contributed by atoms with E-state index in [-0.39, 0.29) is 29.1 Å². The van der Waals surface area contributed by atoms with Gasteiger partial charge in [-0.05, 0) is 24.1 Å².